The summed E-state index contributed by atoms with van der Waals surface area (Å²) in [6.45, 7) is 4.39. The third-order valence-corrected chi connectivity index (χ3v) is 7.33. The van der Waals surface area contributed by atoms with Gasteiger partial charge in [0.25, 0.3) is 6.10 Å². The quantitative estimate of drug-likeness (QED) is 0.164. The van der Waals surface area contributed by atoms with E-state index >= 15 is 0 Å². The van der Waals surface area contributed by atoms with Gasteiger partial charge in [-0.25, -0.2) is 0 Å². The van der Waals surface area contributed by atoms with Crippen molar-refractivity contribution in [2.75, 3.05) is 0 Å². The summed E-state index contributed by atoms with van der Waals surface area (Å²) in [5, 5.41) is 0. The molecular formula is C29H47O6. The minimum atomic E-state index is -1.06. The maximum Gasteiger partial charge on any atom is 0.310 e. The van der Waals surface area contributed by atoms with E-state index in [4.69, 9.17) is 9.47 Å². The molecule has 2 aliphatic heterocycles. The van der Waals surface area contributed by atoms with Crippen LogP contribution in [0.1, 0.15) is 136 Å². The molecule has 3 unspecified atom stereocenters. The standard InChI is InChI=1S/C29H47O6/c1-3-5-7-9-11-13-15-17-22-19-24(30)21-26(34-28(22)32)27-25(31)20-23(29(33)35-27)18-16-14-12-10-8-6-4-2/h22-23,26H,3-21H2,1-2H3. The lowest BCUT2D eigenvalue weighted by molar-refractivity contribution is -0.169. The molecule has 6 nitrogen and oxygen atoms in total. The Bertz CT molecular complexity index is 672. The zero-order chi connectivity index (χ0) is 25.5. The molecule has 199 valence electrons. The van der Waals surface area contributed by atoms with Gasteiger partial charge in [-0.05, 0) is 12.8 Å². The van der Waals surface area contributed by atoms with Gasteiger partial charge in [0.2, 0.25) is 0 Å². The molecule has 6 heteroatoms. The molecule has 0 aromatic rings. The highest BCUT2D eigenvalue weighted by molar-refractivity contribution is 6.00. The number of hydrogen-bond acceptors (Lipinski definition) is 6. The monoisotopic (exact) mass is 491 g/mol. The van der Waals surface area contributed by atoms with Crippen LogP contribution in [0.4, 0.5) is 0 Å². The molecule has 1 radical (unpaired) electrons. The Hall–Kier alpha value is -1.72. The van der Waals surface area contributed by atoms with Gasteiger partial charge >= 0.3 is 11.9 Å². The van der Waals surface area contributed by atoms with Gasteiger partial charge in [-0.2, -0.15) is 0 Å². The second kappa shape index (κ2) is 16.9. The van der Waals surface area contributed by atoms with Gasteiger partial charge in [0.15, 0.2) is 11.9 Å². The first-order valence-corrected chi connectivity index (χ1v) is 14.3. The zero-order valence-electron chi connectivity index (χ0n) is 22.1. The zero-order valence-corrected chi connectivity index (χ0v) is 22.1. The van der Waals surface area contributed by atoms with Crippen molar-refractivity contribution < 1.29 is 28.7 Å². The molecule has 2 heterocycles. The third-order valence-electron chi connectivity index (χ3n) is 7.33. The third kappa shape index (κ3) is 10.8. The number of carbonyl (C=O) groups is 4. The summed E-state index contributed by atoms with van der Waals surface area (Å²) in [6.07, 6.45) is 16.2. The van der Waals surface area contributed by atoms with E-state index in [0.717, 1.165) is 38.5 Å². The number of ketones is 2. The van der Waals surface area contributed by atoms with E-state index in [1.165, 1.54) is 51.4 Å². The summed E-state index contributed by atoms with van der Waals surface area (Å²) < 4.78 is 10.9. The van der Waals surface area contributed by atoms with Gasteiger partial charge in [0.05, 0.1) is 11.8 Å². The molecule has 2 saturated heterocycles. The van der Waals surface area contributed by atoms with E-state index in [1.54, 1.807) is 0 Å². The molecule has 0 N–H and O–H groups in total. The summed E-state index contributed by atoms with van der Waals surface area (Å²) in [7, 11) is 0. The number of cyclic esters (lactones) is 2. The Morgan fingerprint density at radius 2 is 1.09 bits per heavy atom. The van der Waals surface area contributed by atoms with Crippen molar-refractivity contribution in [2.45, 2.75) is 142 Å². The van der Waals surface area contributed by atoms with Gasteiger partial charge < -0.3 is 9.47 Å². The fourth-order valence-corrected chi connectivity index (χ4v) is 5.11. The van der Waals surface area contributed by atoms with Crippen molar-refractivity contribution in [2.24, 2.45) is 11.8 Å². The van der Waals surface area contributed by atoms with E-state index < -0.39 is 29.9 Å². The van der Waals surface area contributed by atoms with Crippen LogP contribution < -0.4 is 0 Å². The van der Waals surface area contributed by atoms with Crippen molar-refractivity contribution >= 4 is 23.5 Å². The van der Waals surface area contributed by atoms with Gasteiger partial charge in [0, 0.05) is 19.3 Å². The van der Waals surface area contributed by atoms with E-state index in [2.05, 4.69) is 13.8 Å². The smallest absolute Gasteiger partial charge is 0.310 e. The average Bonchev–Trinajstić information content (AvgIpc) is 2.97. The van der Waals surface area contributed by atoms with Crippen LogP contribution in [-0.4, -0.2) is 29.6 Å². The number of ether oxygens (including phenoxy) is 2. The highest BCUT2D eigenvalue weighted by Crippen LogP contribution is 2.33. The first-order chi connectivity index (χ1) is 17.0. The van der Waals surface area contributed by atoms with Crippen LogP contribution in [0.2, 0.25) is 0 Å². The molecule has 3 atom stereocenters. The normalized spacial score (nSPS) is 23.8. The number of hydrogen-bond donors (Lipinski definition) is 0. The van der Waals surface area contributed by atoms with Gasteiger partial charge in [0.1, 0.15) is 5.78 Å². The second-order valence-corrected chi connectivity index (χ2v) is 10.5. The Labute approximate surface area is 212 Å². The summed E-state index contributed by atoms with van der Waals surface area (Å²) >= 11 is 0. The number of unbranched alkanes of at least 4 members (excludes halogenated alkanes) is 12. The largest absolute Gasteiger partial charge is 0.457 e. The second-order valence-electron chi connectivity index (χ2n) is 10.5. The fourth-order valence-electron chi connectivity index (χ4n) is 5.11. The molecule has 2 aliphatic rings. The Balaban J connectivity index is 1.75. The van der Waals surface area contributed by atoms with E-state index in [0.29, 0.717) is 12.8 Å². The molecule has 0 aromatic carbocycles. The molecule has 2 fully saturated rings. The first kappa shape index (κ1) is 29.5. The van der Waals surface area contributed by atoms with Crippen LogP contribution >= 0.6 is 0 Å². The molecule has 35 heavy (non-hydrogen) atoms. The Kier molecular flexibility index (Phi) is 14.2. The summed E-state index contributed by atoms with van der Waals surface area (Å²) in [4.78, 5) is 50.5. The minimum absolute atomic E-state index is 0.0771. The Morgan fingerprint density at radius 1 is 0.600 bits per heavy atom. The molecule has 0 spiro atoms. The van der Waals surface area contributed by atoms with E-state index in [9.17, 15) is 19.2 Å². The summed E-state index contributed by atoms with van der Waals surface area (Å²) in [5.74, 6) is -2.22. The lowest BCUT2D eigenvalue weighted by Crippen LogP contribution is -2.41. The molecule has 0 bridgehead atoms. The molecule has 0 amide bonds. The topological polar surface area (TPSA) is 86.7 Å². The van der Waals surface area contributed by atoms with Crippen LogP contribution in [0, 0.1) is 17.9 Å². The Morgan fingerprint density at radius 3 is 1.63 bits per heavy atom. The SMILES string of the molecule is CCCCCCCCCC1CC(=O)[C](C2CC(=O)CC(CCCCCCCCC)C(=O)O2)OC1=O. The number of esters is 2. The maximum absolute atomic E-state index is 12.8. The van der Waals surface area contributed by atoms with Crippen molar-refractivity contribution in [3.63, 3.8) is 0 Å². The maximum atomic E-state index is 12.8. The highest BCUT2D eigenvalue weighted by atomic mass is 16.6. The van der Waals surface area contributed by atoms with Crippen LogP contribution in [-0.2, 0) is 28.7 Å². The summed E-state index contributed by atoms with van der Waals surface area (Å²) in [5.41, 5.74) is 0. The number of carbonyl (C=O) groups excluding carboxylic acids is 4. The van der Waals surface area contributed by atoms with Crippen LogP contribution in [0.5, 0.6) is 0 Å². The molecule has 0 saturated carbocycles. The molecule has 2 rings (SSSR count). The number of Topliss-reactive ketones (excluding diaryl/α,β-unsaturated/α-hetero) is 2. The molecular weight excluding hydrogens is 444 g/mol. The number of rotatable bonds is 17. The van der Waals surface area contributed by atoms with Gasteiger partial charge in [-0.1, -0.05) is 104 Å². The average molecular weight is 492 g/mol. The van der Waals surface area contributed by atoms with E-state index in [-0.39, 0.29) is 36.9 Å². The van der Waals surface area contributed by atoms with Crippen LogP contribution in [0.15, 0.2) is 0 Å². The van der Waals surface area contributed by atoms with Gasteiger partial charge in [-0.15, -0.1) is 0 Å². The first-order valence-electron chi connectivity index (χ1n) is 14.3. The van der Waals surface area contributed by atoms with Crippen molar-refractivity contribution in [1.82, 2.24) is 0 Å². The van der Waals surface area contributed by atoms with Crippen molar-refractivity contribution in [3.05, 3.63) is 6.10 Å². The molecule has 0 aromatic heterocycles. The fraction of sp³-hybridized carbons (Fsp3) is 0.828. The molecule has 0 aliphatic carbocycles. The highest BCUT2D eigenvalue weighted by Gasteiger charge is 2.46. The lowest BCUT2D eigenvalue weighted by atomic mass is 9.88. The predicted molar refractivity (Wildman–Crippen MR) is 135 cm³/mol. The van der Waals surface area contributed by atoms with Crippen LogP contribution in [0.3, 0.4) is 0 Å². The van der Waals surface area contributed by atoms with Gasteiger partial charge in [-0.3, -0.25) is 19.2 Å². The van der Waals surface area contributed by atoms with E-state index in [1.807, 2.05) is 0 Å². The lowest BCUT2D eigenvalue weighted by Gasteiger charge is -2.30. The minimum Gasteiger partial charge on any atom is -0.457 e. The predicted octanol–water partition coefficient (Wildman–Crippen LogP) is 6.82. The van der Waals surface area contributed by atoms with Crippen molar-refractivity contribution in [1.29, 1.82) is 0 Å². The van der Waals surface area contributed by atoms with Crippen LogP contribution in [0.25, 0.3) is 0 Å². The van der Waals surface area contributed by atoms with Crippen molar-refractivity contribution in [3.8, 4) is 0 Å². The summed E-state index contributed by atoms with van der Waals surface area (Å²) in [6, 6.07) is 0.